The molecule has 8 nitrogen and oxygen atoms in total. The zero-order chi connectivity index (χ0) is 17.1. The van der Waals surface area contributed by atoms with Crippen molar-refractivity contribution in [1.82, 2.24) is 25.3 Å². The highest BCUT2D eigenvalue weighted by molar-refractivity contribution is 5.96. The third-order valence-corrected chi connectivity index (χ3v) is 4.14. The molecule has 3 rings (SSSR count). The molecule has 1 N–H and O–H groups in total. The highest BCUT2D eigenvalue weighted by atomic mass is 16.5. The first kappa shape index (κ1) is 16.1. The van der Waals surface area contributed by atoms with E-state index in [4.69, 9.17) is 4.52 Å². The van der Waals surface area contributed by atoms with Gasteiger partial charge >= 0.3 is 0 Å². The number of amides is 2. The molecule has 1 saturated heterocycles. The fraction of sp³-hybridized carbons (Fsp3) is 0.438. The Bertz CT molecular complexity index is 732. The van der Waals surface area contributed by atoms with Gasteiger partial charge in [-0.15, -0.1) is 0 Å². The van der Waals surface area contributed by atoms with Gasteiger partial charge in [0.2, 0.25) is 5.89 Å². The molecule has 1 fully saturated rings. The second-order valence-corrected chi connectivity index (χ2v) is 5.76. The molecule has 0 spiro atoms. The number of carbonyl (C=O) groups excluding carboxylic acids is 2. The predicted octanol–water partition coefficient (Wildman–Crippen LogP) is 1.15. The van der Waals surface area contributed by atoms with Gasteiger partial charge in [-0.1, -0.05) is 5.16 Å². The van der Waals surface area contributed by atoms with Crippen molar-refractivity contribution in [3.63, 3.8) is 0 Å². The van der Waals surface area contributed by atoms with Gasteiger partial charge in [0.25, 0.3) is 11.8 Å². The van der Waals surface area contributed by atoms with Crippen molar-refractivity contribution >= 4 is 11.8 Å². The minimum absolute atomic E-state index is 0.0777. The Hall–Kier alpha value is -2.77. The molecule has 3 heterocycles. The number of hydrogen-bond donors (Lipinski definition) is 1. The average molecular weight is 329 g/mol. The van der Waals surface area contributed by atoms with Gasteiger partial charge in [-0.2, -0.15) is 4.98 Å². The van der Waals surface area contributed by atoms with Gasteiger partial charge in [0.05, 0.1) is 5.56 Å². The Morgan fingerprint density at radius 1 is 1.29 bits per heavy atom. The second-order valence-electron chi connectivity index (χ2n) is 5.76. The molecule has 0 aromatic carbocycles. The Morgan fingerprint density at radius 2 is 2.04 bits per heavy atom. The lowest BCUT2D eigenvalue weighted by Crippen LogP contribution is -2.38. The molecule has 2 aromatic heterocycles. The standard InChI is InChI=1S/C16H19N5O3/c1-10-19-15(24-20-10)11-5-7-21(8-6-11)16(23)12-3-4-13(18-9-12)14(22)17-2/h3-4,9,11H,5-8H2,1-2H3,(H,17,22). The number of hydrogen-bond acceptors (Lipinski definition) is 6. The molecule has 1 aliphatic rings. The van der Waals surface area contributed by atoms with Crippen molar-refractivity contribution in [2.75, 3.05) is 20.1 Å². The lowest BCUT2D eigenvalue weighted by atomic mass is 9.96. The van der Waals surface area contributed by atoms with E-state index in [1.807, 2.05) is 0 Å². The van der Waals surface area contributed by atoms with Crippen molar-refractivity contribution in [3.05, 3.63) is 41.3 Å². The van der Waals surface area contributed by atoms with E-state index in [9.17, 15) is 9.59 Å². The minimum Gasteiger partial charge on any atom is -0.354 e. The third kappa shape index (κ3) is 3.27. The van der Waals surface area contributed by atoms with Crippen molar-refractivity contribution < 1.29 is 14.1 Å². The highest BCUT2D eigenvalue weighted by Crippen LogP contribution is 2.27. The number of carbonyl (C=O) groups is 2. The first-order valence-corrected chi connectivity index (χ1v) is 7.86. The van der Waals surface area contributed by atoms with Crippen LogP contribution in [0.25, 0.3) is 0 Å². The molecular formula is C16H19N5O3. The molecule has 0 bridgehead atoms. The van der Waals surface area contributed by atoms with Gasteiger partial charge in [-0.05, 0) is 31.9 Å². The molecule has 0 saturated carbocycles. The van der Waals surface area contributed by atoms with E-state index in [2.05, 4.69) is 20.4 Å². The van der Waals surface area contributed by atoms with Crippen LogP contribution < -0.4 is 5.32 Å². The van der Waals surface area contributed by atoms with E-state index in [1.54, 1.807) is 24.0 Å². The first-order valence-electron chi connectivity index (χ1n) is 7.86. The number of likely N-dealkylation sites (tertiary alicyclic amines) is 1. The summed E-state index contributed by atoms with van der Waals surface area (Å²) >= 11 is 0. The van der Waals surface area contributed by atoms with E-state index < -0.39 is 0 Å². The molecule has 8 heteroatoms. The maximum atomic E-state index is 12.5. The van der Waals surface area contributed by atoms with E-state index >= 15 is 0 Å². The van der Waals surface area contributed by atoms with Crippen LogP contribution >= 0.6 is 0 Å². The number of piperidine rings is 1. The van der Waals surface area contributed by atoms with Crippen molar-refractivity contribution in [2.45, 2.75) is 25.7 Å². The molecule has 24 heavy (non-hydrogen) atoms. The Balaban J connectivity index is 1.61. The molecule has 126 valence electrons. The van der Waals surface area contributed by atoms with Gasteiger partial charge < -0.3 is 14.7 Å². The summed E-state index contributed by atoms with van der Waals surface area (Å²) in [5, 5.41) is 6.31. The fourth-order valence-electron chi connectivity index (χ4n) is 2.77. The predicted molar refractivity (Wildman–Crippen MR) is 84.5 cm³/mol. The number of nitrogens with one attached hydrogen (secondary N) is 1. The second kappa shape index (κ2) is 6.77. The summed E-state index contributed by atoms with van der Waals surface area (Å²) in [5.41, 5.74) is 0.772. The summed E-state index contributed by atoms with van der Waals surface area (Å²) in [4.78, 5) is 34.1. The third-order valence-electron chi connectivity index (χ3n) is 4.14. The number of nitrogens with zero attached hydrogens (tertiary/aromatic N) is 4. The molecular weight excluding hydrogens is 310 g/mol. The van der Waals surface area contributed by atoms with E-state index in [-0.39, 0.29) is 17.7 Å². The molecule has 0 aliphatic carbocycles. The Kier molecular flexibility index (Phi) is 4.54. The molecule has 0 unspecified atom stereocenters. The Morgan fingerprint density at radius 3 is 2.58 bits per heavy atom. The zero-order valence-corrected chi connectivity index (χ0v) is 13.7. The molecule has 0 atom stereocenters. The SMILES string of the molecule is CNC(=O)c1ccc(C(=O)N2CCC(c3nc(C)no3)CC2)cn1. The number of aryl methyl sites for hydroxylation is 1. The lowest BCUT2D eigenvalue weighted by Gasteiger charge is -2.30. The van der Waals surface area contributed by atoms with Gasteiger partial charge in [0.1, 0.15) is 5.69 Å². The summed E-state index contributed by atoms with van der Waals surface area (Å²) in [6, 6.07) is 3.19. The number of pyridine rings is 1. The fourth-order valence-corrected chi connectivity index (χ4v) is 2.77. The maximum Gasteiger partial charge on any atom is 0.269 e. The summed E-state index contributed by atoms with van der Waals surface area (Å²) < 4.78 is 5.22. The molecule has 2 aromatic rings. The van der Waals surface area contributed by atoms with E-state index in [0.717, 1.165) is 12.8 Å². The summed E-state index contributed by atoms with van der Waals surface area (Å²) in [6.07, 6.45) is 3.02. The average Bonchev–Trinajstić information content (AvgIpc) is 3.07. The minimum atomic E-state index is -0.273. The van der Waals surface area contributed by atoms with Crippen LogP contribution in [0.15, 0.2) is 22.9 Å². The highest BCUT2D eigenvalue weighted by Gasteiger charge is 2.27. The van der Waals surface area contributed by atoms with Crippen LogP contribution in [0, 0.1) is 6.92 Å². The van der Waals surface area contributed by atoms with Gasteiger partial charge in [-0.25, -0.2) is 0 Å². The summed E-state index contributed by atoms with van der Waals surface area (Å²) in [5.74, 6) is 1.13. The van der Waals surface area contributed by atoms with Crippen LogP contribution in [-0.4, -0.2) is 52.0 Å². The van der Waals surface area contributed by atoms with Crippen LogP contribution in [-0.2, 0) is 0 Å². The van der Waals surface area contributed by atoms with Crippen molar-refractivity contribution in [2.24, 2.45) is 0 Å². The topological polar surface area (TPSA) is 101 Å². The van der Waals surface area contributed by atoms with Gasteiger partial charge in [0.15, 0.2) is 5.82 Å². The number of aromatic nitrogens is 3. The molecule has 0 radical (unpaired) electrons. The van der Waals surface area contributed by atoms with Crippen LogP contribution in [0.1, 0.15) is 51.3 Å². The molecule has 1 aliphatic heterocycles. The normalized spacial score (nSPS) is 15.3. The summed E-state index contributed by atoms with van der Waals surface area (Å²) in [6.45, 7) is 3.05. The summed E-state index contributed by atoms with van der Waals surface area (Å²) in [7, 11) is 1.54. The van der Waals surface area contributed by atoms with Gasteiger partial charge in [0, 0.05) is 32.3 Å². The molecule has 2 amide bonds. The maximum absolute atomic E-state index is 12.5. The van der Waals surface area contributed by atoms with Crippen molar-refractivity contribution in [3.8, 4) is 0 Å². The van der Waals surface area contributed by atoms with E-state index in [0.29, 0.717) is 36.1 Å². The zero-order valence-electron chi connectivity index (χ0n) is 13.7. The van der Waals surface area contributed by atoms with Crippen LogP contribution in [0.5, 0.6) is 0 Å². The van der Waals surface area contributed by atoms with E-state index in [1.165, 1.54) is 13.2 Å². The lowest BCUT2D eigenvalue weighted by molar-refractivity contribution is 0.0703. The van der Waals surface area contributed by atoms with Crippen LogP contribution in [0.3, 0.4) is 0 Å². The van der Waals surface area contributed by atoms with Gasteiger partial charge in [-0.3, -0.25) is 14.6 Å². The largest absolute Gasteiger partial charge is 0.354 e. The van der Waals surface area contributed by atoms with Crippen molar-refractivity contribution in [1.29, 1.82) is 0 Å². The quantitative estimate of drug-likeness (QED) is 0.906. The monoisotopic (exact) mass is 329 g/mol. The smallest absolute Gasteiger partial charge is 0.269 e. The number of rotatable bonds is 3. The van der Waals surface area contributed by atoms with Crippen LogP contribution in [0.4, 0.5) is 0 Å². The first-order chi connectivity index (χ1) is 11.6. The van der Waals surface area contributed by atoms with Crippen LogP contribution in [0.2, 0.25) is 0 Å². The Labute approximate surface area is 139 Å².